The predicted molar refractivity (Wildman–Crippen MR) is 72.2 cm³/mol. The van der Waals surface area contributed by atoms with E-state index in [0.29, 0.717) is 6.04 Å². The lowest BCUT2D eigenvalue weighted by atomic mass is 10.2. The lowest BCUT2D eigenvalue weighted by Crippen LogP contribution is -2.18. The van der Waals surface area contributed by atoms with Gasteiger partial charge in [0, 0.05) is 29.8 Å². The number of aromatic nitrogens is 1. The molecule has 1 aromatic heterocycles. The minimum atomic E-state index is 0.519. The van der Waals surface area contributed by atoms with E-state index in [-0.39, 0.29) is 0 Å². The Bertz CT molecular complexity index is 521. The van der Waals surface area contributed by atoms with Crippen LogP contribution in [0.2, 0.25) is 0 Å². The van der Waals surface area contributed by atoms with Crippen molar-refractivity contribution in [2.75, 3.05) is 0 Å². The van der Waals surface area contributed by atoms with Crippen LogP contribution in [-0.4, -0.2) is 10.6 Å². The molecule has 0 atom stereocenters. The Morgan fingerprint density at radius 2 is 2.06 bits per heavy atom. The first-order valence-corrected chi connectivity index (χ1v) is 6.58. The van der Waals surface area contributed by atoms with Crippen molar-refractivity contribution in [3.05, 3.63) is 36.0 Å². The number of hydrogen-bond donors (Lipinski definition) is 1. The van der Waals surface area contributed by atoms with Crippen molar-refractivity contribution in [3.8, 4) is 0 Å². The molecule has 1 aromatic carbocycles. The molecule has 90 valence electrons. The van der Waals surface area contributed by atoms with Crippen LogP contribution in [0.5, 0.6) is 0 Å². The SMILES string of the molecule is CC(C)n1c(CNC2CC2)cc2ccccc21. The second-order valence-corrected chi connectivity index (χ2v) is 5.31. The first kappa shape index (κ1) is 10.8. The summed E-state index contributed by atoms with van der Waals surface area (Å²) in [5, 5.41) is 4.96. The van der Waals surface area contributed by atoms with E-state index in [4.69, 9.17) is 0 Å². The lowest BCUT2D eigenvalue weighted by Gasteiger charge is -2.15. The third-order valence-electron chi connectivity index (χ3n) is 3.49. The molecule has 2 aromatic rings. The number of benzene rings is 1. The number of fused-ring (bicyclic) bond motifs is 1. The van der Waals surface area contributed by atoms with E-state index in [1.54, 1.807) is 0 Å². The normalized spacial score (nSPS) is 15.9. The van der Waals surface area contributed by atoms with Crippen LogP contribution in [0.1, 0.15) is 38.4 Å². The maximum atomic E-state index is 3.61. The first-order chi connectivity index (χ1) is 8.25. The van der Waals surface area contributed by atoms with E-state index in [1.807, 2.05) is 0 Å². The maximum Gasteiger partial charge on any atom is 0.0485 e. The van der Waals surface area contributed by atoms with Gasteiger partial charge in [-0.25, -0.2) is 0 Å². The Morgan fingerprint density at radius 1 is 1.29 bits per heavy atom. The molecular weight excluding hydrogens is 208 g/mol. The highest BCUT2D eigenvalue weighted by molar-refractivity contribution is 5.81. The van der Waals surface area contributed by atoms with E-state index in [0.717, 1.165) is 12.6 Å². The number of para-hydroxylation sites is 1. The van der Waals surface area contributed by atoms with Crippen molar-refractivity contribution < 1.29 is 0 Å². The van der Waals surface area contributed by atoms with Gasteiger partial charge >= 0.3 is 0 Å². The maximum absolute atomic E-state index is 3.61. The molecule has 0 aliphatic heterocycles. The van der Waals surface area contributed by atoms with Crippen molar-refractivity contribution in [1.82, 2.24) is 9.88 Å². The summed E-state index contributed by atoms with van der Waals surface area (Å²) in [7, 11) is 0. The zero-order valence-corrected chi connectivity index (χ0v) is 10.6. The Hall–Kier alpha value is -1.28. The minimum Gasteiger partial charge on any atom is -0.341 e. The molecule has 0 radical (unpaired) electrons. The molecule has 1 heterocycles. The Labute approximate surface area is 103 Å². The fourth-order valence-electron chi connectivity index (χ4n) is 2.52. The molecule has 0 amide bonds. The van der Waals surface area contributed by atoms with Gasteiger partial charge in [-0.2, -0.15) is 0 Å². The molecule has 1 saturated carbocycles. The average Bonchev–Trinajstić information content (AvgIpc) is 3.05. The van der Waals surface area contributed by atoms with Gasteiger partial charge in [0.2, 0.25) is 0 Å². The Balaban J connectivity index is 1.98. The Kier molecular flexibility index (Phi) is 2.67. The number of nitrogens with zero attached hydrogens (tertiary/aromatic N) is 1. The van der Waals surface area contributed by atoms with Crippen LogP contribution >= 0.6 is 0 Å². The van der Waals surface area contributed by atoms with E-state index in [2.05, 4.69) is 54.1 Å². The monoisotopic (exact) mass is 228 g/mol. The highest BCUT2D eigenvalue weighted by Crippen LogP contribution is 2.25. The van der Waals surface area contributed by atoms with E-state index < -0.39 is 0 Å². The molecular formula is C15H20N2. The summed E-state index contributed by atoms with van der Waals surface area (Å²) in [6.07, 6.45) is 2.70. The third kappa shape index (κ3) is 2.09. The molecule has 17 heavy (non-hydrogen) atoms. The minimum absolute atomic E-state index is 0.519. The van der Waals surface area contributed by atoms with Crippen LogP contribution in [0.4, 0.5) is 0 Å². The third-order valence-corrected chi connectivity index (χ3v) is 3.49. The molecule has 2 nitrogen and oxygen atoms in total. The summed E-state index contributed by atoms with van der Waals surface area (Å²) < 4.78 is 2.45. The fraction of sp³-hybridized carbons (Fsp3) is 0.467. The van der Waals surface area contributed by atoms with Gasteiger partial charge in [0.15, 0.2) is 0 Å². The summed E-state index contributed by atoms with van der Waals surface area (Å²) in [5.41, 5.74) is 2.77. The van der Waals surface area contributed by atoms with Gasteiger partial charge in [-0.3, -0.25) is 0 Å². The van der Waals surface area contributed by atoms with Gasteiger partial charge in [0.25, 0.3) is 0 Å². The van der Waals surface area contributed by atoms with Crippen molar-refractivity contribution in [3.63, 3.8) is 0 Å². The molecule has 0 spiro atoms. The van der Waals surface area contributed by atoms with Crippen molar-refractivity contribution in [1.29, 1.82) is 0 Å². The summed E-state index contributed by atoms with van der Waals surface area (Å²) in [4.78, 5) is 0. The summed E-state index contributed by atoms with van der Waals surface area (Å²) in [5.74, 6) is 0. The van der Waals surface area contributed by atoms with Gasteiger partial charge < -0.3 is 9.88 Å². The molecule has 2 heteroatoms. The highest BCUT2D eigenvalue weighted by Gasteiger charge is 2.21. The molecule has 1 aliphatic rings. The quantitative estimate of drug-likeness (QED) is 0.847. The van der Waals surface area contributed by atoms with Crippen LogP contribution in [0.25, 0.3) is 10.9 Å². The number of rotatable bonds is 4. The summed E-state index contributed by atoms with van der Waals surface area (Å²) in [6.45, 7) is 5.51. The molecule has 0 bridgehead atoms. The largest absolute Gasteiger partial charge is 0.341 e. The standard InChI is InChI=1S/C15H20N2/c1-11(2)17-14(10-16-13-7-8-13)9-12-5-3-4-6-15(12)17/h3-6,9,11,13,16H,7-8,10H2,1-2H3. The van der Waals surface area contributed by atoms with Crippen LogP contribution in [0, 0.1) is 0 Å². The molecule has 0 unspecified atom stereocenters. The van der Waals surface area contributed by atoms with Crippen molar-refractivity contribution >= 4 is 10.9 Å². The van der Waals surface area contributed by atoms with Crippen LogP contribution in [0.15, 0.2) is 30.3 Å². The summed E-state index contributed by atoms with van der Waals surface area (Å²) in [6, 6.07) is 12.3. The molecule has 0 saturated heterocycles. The second kappa shape index (κ2) is 4.19. The van der Waals surface area contributed by atoms with Crippen LogP contribution in [0.3, 0.4) is 0 Å². The Morgan fingerprint density at radius 3 is 2.76 bits per heavy atom. The van der Waals surface area contributed by atoms with Gasteiger partial charge in [-0.05, 0) is 44.2 Å². The van der Waals surface area contributed by atoms with Gasteiger partial charge in [0.1, 0.15) is 0 Å². The van der Waals surface area contributed by atoms with Crippen molar-refractivity contribution in [2.24, 2.45) is 0 Å². The fourth-order valence-corrected chi connectivity index (χ4v) is 2.52. The number of hydrogen-bond acceptors (Lipinski definition) is 1. The zero-order chi connectivity index (χ0) is 11.8. The smallest absolute Gasteiger partial charge is 0.0485 e. The average molecular weight is 228 g/mol. The topological polar surface area (TPSA) is 17.0 Å². The number of nitrogens with one attached hydrogen (secondary N) is 1. The summed E-state index contributed by atoms with van der Waals surface area (Å²) >= 11 is 0. The molecule has 1 aliphatic carbocycles. The van der Waals surface area contributed by atoms with E-state index in [9.17, 15) is 0 Å². The lowest BCUT2D eigenvalue weighted by molar-refractivity contribution is 0.565. The predicted octanol–water partition coefficient (Wildman–Crippen LogP) is 3.47. The first-order valence-electron chi connectivity index (χ1n) is 6.58. The van der Waals surface area contributed by atoms with Gasteiger partial charge in [0.05, 0.1) is 0 Å². The van der Waals surface area contributed by atoms with Crippen LogP contribution < -0.4 is 5.32 Å². The molecule has 3 rings (SSSR count). The second-order valence-electron chi connectivity index (χ2n) is 5.31. The molecule has 1 N–H and O–H groups in total. The van der Waals surface area contributed by atoms with Gasteiger partial charge in [-0.15, -0.1) is 0 Å². The zero-order valence-electron chi connectivity index (χ0n) is 10.6. The van der Waals surface area contributed by atoms with E-state index >= 15 is 0 Å². The highest BCUT2D eigenvalue weighted by atomic mass is 15.1. The molecule has 1 fully saturated rings. The van der Waals surface area contributed by atoms with Crippen molar-refractivity contribution in [2.45, 2.75) is 45.3 Å². The van der Waals surface area contributed by atoms with Gasteiger partial charge in [-0.1, -0.05) is 18.2 Å². The van der Waals surface area contributed by atoms with Crippen LogP contribution in [-0.2, 0) is 6.54 Å². The van der Waals surface area contributed by atoms with E-state index in [1.165, 1.54) is 29.4 Å².